The second kappa shape index (κ2) is 8.04. The molecule has 7 heteroatoms. The number of hydrogen-bond donors (Lipinski definition) is 1. The molecule has 2 aliphatic heterocycles. The van der Waals surface area contributed by atoms with E-state index in [4.69, 9.17) is 9.47 Å². The van der Waals surface area contributed by atoms with Crippen molar-refractivity contribution in [1.29, 1.82) is 0 Å². The van der Waals surface area contributed by atoms with Crippen LogP contribution in [-0.2, 0) is 0 Å². The summed E-state index contributed by atoms with van der Waals surface area (Å²) in [5.41, 5.74) is 1.02. The Morgan fingerprint density at radius 3 is 2.82 bits per heavy atom. The minimum Gasteiger partial charge on any atom is -0.486 e. The molecule has 0 spiro atoms. The number of ether oxygens (including phenoxy) is 2. The largest absolute Gasteiger partial charge is 0.486 e. The summed E-state index contributed by atoms with van der Waals surface area (Å²) in [7, 11) is 0. The molecule has 0 radical (unpaired) electrons. The second-order valence-electron chi connectivity index (χ2n) is 7.22. The van der Waals surface area contributed by atoms with Crippen molar-refractivity contribution in [2.75, 3.05) is 30.0 Å². The number of benzene rings is 1. The van der Waals surface area contributed by atoms with E-state index >= 15 is 0 Å². The van der Waals surface area contributed by atoms with Gasteiger partial charge in [0.2, 0.25) is 0 Å². The molecule has 0 aliphatic carbocycles. The summed E-state index contributed by atoms with van der Waals surface area (Å²) < 4.78 is 11.1. The highest BCUT2D eigenvalue weighted by Gasteiger charge is 2.24. The average molecular weight is 382 g/mol. The van der Waals surface area contributed by atoms with Crippen LogP contribution in [-0.4, -0.2) is 41.7 Å². The van der Waals surface area contributed by atoms with Gasteiger partial charge in [-0.1, -0.05) is 6.92 Å². The lowest BCUT2D eigenvalue weighted by molar-refractivity contribution is 0.102. The van der Waals surface area contributed by atoms with Gasteiger partial charge < -0.3 is 19.7 Å². The Morgan fingerprint density at radius 2 is 2.00 bits per heavy atom. The first kappa shape index (κ1) is 18.5. The maximum absolute atomic E-state index is 12.8. The van der Waals surface area contributed by atoms with Crippen molar-refractivity contribution < 1.29 is 14.3 Å². The zero-order chi connectivity index (χ0) is 19.5. The van der Waals surface area contributed by atoms with Gasteiger partial charge in [0, 0.05) is 30.4 Å². The van der Waals surface area contributed by atoms with Gasteiger partial charge >= 0.3 is 0 Å². The monoisotopic (exact) mass is 382 g/mol. The van der Waals surface area contributed by atoms with Crippen LogP contribution in [0.25, 0.3) is 0 Å². The van der Waals surface area contributed by atoms with Crippen LogP contribution in [0, 0.1) is 6.92 Å². The molecule has 2 aromatic rings. The van der Waals surface area contributed by atoms with Crippen LogP contribution in [0.5, 0.6) is 11.5 Å². The standard InChI is InChI=1S/C21H26N4O3/c1-3-16-6-4-5-9-25(16)20-13-17(22-14(2)23-20)21(26)24-15-7-8-18-19(12-15)28-11-10-27-18/h7-8,12-13,16H,3-6,9-11H2,1-2H3,(H,24,26). The van der Waals surface area contributed by atoms with Crippen molar-refractivity contribution in [3.05, 3.63) is 35.8 Å². The Labute approximate surface area is 165 Å². The van der Waals surface area contributed by atoms with E-state index in [0.717, 1.165) is 31.6 Å². The number of aryl methyl sites for hydroxylation is 1. The van der Waals surface area contributed by atoms with Crippen LogP contribution in [0.1, 0.15) is 48.9 Å². The van der Waals surface area contributed by atoms with Crippen LogP contribution in [0.2, 0.25) is 0 Å². The van der Waals surface area contributed by atoms with Crippen LogP contribution >= 0.6 is 0 Å². The molecule has 2 aliphatic rings. The SMILES string of the molecule is CCC1CCCCN1c1cc(C(=O)Nc2ccc3c(c2)OCCO3)nc(C)n1. The van der Waals surface area contributed by atoms with E-state index in [9.17, 15) is 4.79 Å². The number of amides is 1. The molecule has 1 atom stereocenters. The number of hydrogen-bond acceptors (Lipinski definition) is 6. The van der Waals surface area contributed by atoms with Gasteiger partial charge in [-0.2, -0.15) is 0 Å². The van der Waals surface area contributed by atoms with Gasteiger partial charge in [-0.3, -0.25) is 4.79 Å². The predicted octanol–water partition coefficient (Wildman–Crippen LogP) is 3.58. The van der Waals surface area contributed by atoms with E-state index in [1.165, 1.54) is 6.42 Å². The predicted molar refractivity (Wildman–Crippen MR) is 107 cm³/mol. The maximum atomic E-state index is 12.8. The van der Waals surface area contributed by atoms with Gasteiger partial charge in [-0.05, 0) is 44.7 Å². The summed E-state index contributed by atoms with van der Waals surface area (Å²) in [5.74, 6) is 2.52. The van der Waals surface area contributed by atoms with E-state index in [-0.39, 0.29) is 5.91 Å². The fraction of sp³-hybridized carbons (Fsp3) is 0.476. The number of rotatable bonds is 4. The Kier molecular flexibility index (Phi) is 5.32. The number of piperidine rings is 1. The normalized spacial score (nSPS) is 18.6. The molecular formula is C21H26N4O3. The minimum absolute atomic E-state index is 0.256. The summed E-state index contributed by atoms with van der Waals surface area (Å²) in [6, 6.07) is 7.66. The molecule has 4 rings (SSSR count). The first-order valence-corrected chi connectivity index (χ1v) is 9.97. The number of fused-ring (bicyclic) bond motifs is 1. The van der Waals surface area contributed by atoms with Crippen LogP contribution < -0.4 is 19.7 Å². The molecule has 7 nitrogen and oxygen atoms in total. The topological polar surface area (TPSA) is 76.6 Å². The third kappa shape index (κ3) is 3.88. The van der Waals surface area contributed by atoms with Crippen molar-refractivity contribution in [2.24, 2.45) is 0 Å². The lowest BCUT2D eigenvalue weighted by Gasteiger charge is -2.36. The highest BCUT2D eigenvalue weighted by molar-refractivity contribution is 6.03. The van der Waals surface area contributed by atoms with E-state index in [2.05, 4.69) is 27.1 Å². The molecule has 3 heterocycles. The molecule has 28 heavy (non-hydrogen) atoms. The van der Waals surface area contributed by atoms with Gasteiger partial charge in [0.25, 0.3) is 5.91 Å². The molecule has 0 bridgehead atoms. The lowest BCUT2D eigenvalue weighted by atomic mass is 10.00. The zero-order valence-electron chi connectivity index (χ0n) is 16.4. The zero-order valence-corrected chi connectivity index (χ0v) is 16.4. The molecular weight excluding hydrogens is 356 g/mol. The maximum Gasteiger partial charge on any atom is 0.274 e. The van der Waals surface area contributed by atoms with Crippen molar-refractivity contribution in [1.82, 2.24) is 9.97 Å². The van der Waals surface area contributed by atoms with Crippen molar-refractivity contribution in [3.8, 4) is 11.5 Å². The molecule has 1 unspecified atom stereocenters. The molecule has 1 aromatic heterocycles. The molecule has 148 valence electrons. The fourth-order valence-electron chi connectivity index (χ4n) is 3.86. The summed E-state index contributed by atoms with van der Waals surface area (Å²) in [6.07, 6.45) is 4.63. The van der Waals surface area contributed by atoms with Gasteiger partial charge in [-0.15, -0.1) is 0 Å². The van der Waals surface area contributed by atoms with Gasteiger partial charge in [0.15, 0.2) is 11.5 Å². The average Bonchev–Trinajstić information content (AvgIpc) is 2.73. The summed E-state index contributed by atoms with van der Waals surface area (Å²) in [6.45, 7) is 6.05. The number of anilines is 2. The lowest BCUT2D eigenvalue weighted by Crippen LogP contribution is -2.40. The quantitative estimate of drug-likeness (QED) is 0.871. The first-order valence-electron chi connectivity index (χ1n) is 9.97. The third-order valence-electron chi connectivity index (χ3n) is 5.25. The second-order valence-corrected chi connectivity index (χ2v) is 7.22. The van der Waals surface area contributed by atoms with Gasteiger partial charge in [0.1, 0.15) is 30.5 Å². The fourth-order valence-corrected chi connectivity index (χ4v) is 3.86. The van der Waals surface area contributed by atoms with Gasteiger partial charge in [-0.25, -0.2) is 9.97 Å². The summed E-state index contributed by atoms with van der Waals surface area (Å²) in [5, 5.41) is 2.91. The third-order valence-corrected chi connectivity index (χ3v) is 5.25. The molecule has 1 fully saturated rings. The van der Waals surface area contributed by atoms with E-state index < -0.39 is 0 Å². The number of aromatic nitrogens is 2. The Balaban J connectivity index is 1.55. The van der Waals surface area contributed by atoms with Crippen LogP contribution in [0.4, 0.5) is 11.5 Å². The van der Waals surface area contributed by atoms with E-state index in [1.807, 2.05) is 6.92 Å². The molecule has 1 N–H and O–H groups in total. The Hall–Kier alpha value is -2.83. The summed E-state index contributed by atoms with van der Waals surface area (Å²) >= 11 is 0. The first-order chi connectivity index (χ1) is 13.6. The van der Waals surface area contributed by atoms with Crippen molar-refractivity contribution in [3.63, 3.8) is 0 Å². The number of nitrogens with one attached hydrogen (secondary N) is 1. The highest BCUT2D eigenvalue weighted by Crippen LogP contribution is 2.33. The molecule has 1 saturated heterocycles. The van der Waals surface area contributed by atoms with Crippen LogP contribution in [0.15, 0.2) is 24.3 Å². The number of carbonyl (C=O) groups is 1. The minimum atomic E-state index is -0.256. The van der Waals surface area contributed by atoms with E-state index in [1.54, 1.807) is 24.3 Å². The molecule has 0 saturated carbocycles. The summed E-state index contributed by atoms with van der Waals surface area (Å²) in [4.78, 5) is 24.1. The molecule has 1 amide bonds. The molecule has 1 aromatic carbocycles. The van der Waals surface area contributed by atoms with E-state index in [0.29, 0.717) is 48.0 Å². The Bertz CT molecular complexity index is 871. The smallest absolute Gasteiger partial charge is 0.274 e. The van der Waals surface area contributed by atoms with Crippen molar-refractivity contribution in [2.45, 2.75) is 45.6 Å². The highest BCUT2D eigenvalue weighted by atomic mass is 16.6. The number of carbonyl (C=O) groups excluding carboxylic acids is 1. The van der Waals surface area contributed by atoms with Crippen LogP contribution in [0.3, 0.4) is 0 Å². The van der Waals surface area contributed by atoms with Gasteiger partial charge in [0.05, 0.1) is 0 Å². The Morgan fingerprint density at radius 1 is 1.18 bits per heavy atom. The number of nitrogens with zero attached hydrogens (tertiary/aromatic N) is 3. The van der Waals surface area contributed by atoms with Crippen molar-refractivity contribution >= 4 is 17.4 Å².